The third-order valence-electron chi connectivity index (χ3n) is 2.97. The fourth-order valence-electron chi connectivity index (χ4n) is 1.68. The van der Waals surface area contributed by atoms with E-state index >= 15 is 0 Å². The van der Waals surface area contributed by atoms with Crippen molar-refractivity contribution in [2.45, 2.75) is 39.5 Å². The first-order valence-electron chi connectivity index (χ1n) is 5.82. The van der Waals surface area contributed by atoms with Gasteiger partial charge >= 0.3 is 0 Å². The Morgan fingerprint density at radius 3 is 2.13 bits per heavy atom. The number of rotatable bonds is 5. The molecule has 1 aromatic carbocycles. The molecular formula is C14H21Br. The normalized spacial score (nSPS) is 13.1. The third-order valence-corrected chi connectivity index (χ3v) is 3.88. The zero-order valence-corrected chi connectivity index (χ0v) is 11.5. The zero-order valence-electron chi connectivity index (χ0n) is 9.96. The van der Waals surface area contributed by atoms with Crippen LogP contribution in [0.4, 0.5) is 0 Å². The summed E-state index contributed by atoms with van der Waals surface area (Å²) >= 11 is 3.57. The highest BCUT2D eigenvalue weighted by Gasteiger charge is 2.06. The average molecular weight is 269 g/mol. The summed E-state index contributed by atoms with van der Waals surface area (Å²) in [6.07, 6.45) is 2.44. The average Bonchev–Trinajstić information content (AvgIpc) is 2.26. The Morgan fingerprint density at radius 2 is 1.73 bits per heavy atom. The maximum atomic E-state index is 3.57. The van der Waals surface area contributed by atoms with E-state index in [1.807, 2.05) is 0 Å². The Labute approximate surface area is 102 Å². The highest BCUT2D eigenvalue weighted by Crippen LogP contribution is 2.18. The standard InChI is InChI=1S/C14H21Br/c1-4-12(10-15)9-13-5-7-14(8-6-13)11(2)3/h5-8,11-12H,4,9-10H2,1-3H3. The van der Waals surface area contributed by atoms with E-state index in [0.29, 0.717) is 5.92 Å². The third kappa shape index (κ3) is 3.98. The van der Waals surface area contributed by atoms with Crippen LogP contribution in [0.3, 0.4) is 0 Å². The first kappa shape index (κ1) is 12.8. The van der Waals surface area contributed by atoms with E-state index in [2.05, 4.69) is 61.0 Å². The number of halogens is 1. The minimum Gasteiger partial charge on any atom is -0.0925 e. The maximum Gasteiger partial charge on any atom is 0.00627 e. The molecular weight excluding hydrogens is 248 g/mol. The van der Waals surface area contributed by atoms with Crippen LogP contribution in [-0.2, 0) is 6.42 Å². The van der Waals surface area contributed by atoms with Crippen molar-refractivity contribution < 1.29 is 0 Å². The van der Waals surface area contributed by atoms with Crippen molar-refractivity contribution in [2.75, 3.05) is 5.33 Å². The molecule has 15 heavy (non-hydrogen) atoms. The van der Waals surface area contributed by atoms with Gasteiger partial charge in [-0.2, -0.15) is 0 Å². The molecule has 0 saturated heterocycles. The van der Waals surface area contributed by atoms with Crippen LogP contribution >= 0.6 is 15.9 Å². The number of hydrogen-bond donors (Lipinski definition) is 0. The summed E-state index contributed by atoms with van der Waals surface area (Å²) in [5.74, 6) is 1.41. The van der Waals surface area contributed by atoms with Crippen LogP contribution in [0, 0.1) is 5.92 Å². The van der Waals surface area contributed by atoms with Crippen LogP contribution in [0.15, 0.2) is 24.3 Å². The van der Waals surface area contributed by atoms with Crippen molar-refractivity contribution in [1.29, 1.82) is 0 Å². The summed E-state index contributed by atoms with van der Waals surface area (Å²) in [5.41, 5.74) is 2.90. The molecule has 1 aromatic rings. The largest absolute Gasteiger partial charge is 0.0925 e. The van der Waals surface area contributed by atoms with Gasteiger partial charge in [0.2, 0.25) is 0 Å². The molecule has 0 bridgehead atoms. The summed E-state index contributed by atoms with van der Waals surface area (Å²) < 4.78 is 0. The summed E-state index contributed by atoms with van der Waals surface area (Å²) in [5, 5.41) is 1.11. The molecule has 0 spiro atoms. The topological polar surface area (TPSA) is 0 Å². The number of benzene rings is 1. The van der Waals surface area contributed by atoms with E-state index in [4.69, 9.17) is 0 Å². The van der Waals surface area contributed by atoms with Gasteiger partial charge in [-0.25, -0.2) is 0 Å². The van der Waals surface area contributed by atoms with Crippen molar-refractivity contribution in [3.63, 3.8) is 0 Å². The maximum absolute atomic E-state index is 3.57. The second kappa shape index (κ2) is 6.32. The van der Waals surface area contributed by atoms with E-state index in [0.717, 1.165) is 11.2 Å². The molecule has 0 nitrogen and oxygen atoms in total. The van der Waals surface area contributed by atoms with Gasteiger partial charge in [0.05, 0.1) is 0 Å². The van der Waals surface area contributed by atoms with Crippen LogP contribution in [-0.4, -0.2) is 5.33 Å². The van der Waals surface area contributed by atoms with Crippen LogP contribution in [0.5, 0.6) is 0 Å². The van der Waals surface area contributed by atoms with E-state index in [-0.39, 0.29) is 0 Å². The van der Waals surface area contributed by atoms with Crippen LogP contribution in [0.25, 0.3) is 0 Å². The van der Waals surface area contributed by atoms with E-state index in [1.54, 1.807) is 0 Å². The molecule has 0 radical (unpaired) electrons. The van der Waals surface area contributed by atoms with Crippen LogP contribution < -0.4 is 0 Å². The Hall–Kier alpha value is -0.300. The van der Waals surface area contributed by atoms with Gasteiger partial charge < -0.3 is 0 Å². The Bertz CT molecular complexity index is 270. The molecule has 0 amide bonds. The van der Waals surface area contributed by atoms with Gasteiger partial charge in [-0.1, -0.05) is 67.4 Å². The lowest BCUT2D eigenvalue weighted by Crippen LogP contribution is -2.04. The molecule has 1 heteroatoms. The fourth-order valence-corrected chi connectivity index (χ4v) is 2.37. The molecule has 1 unspecified atom stereocenters. The second-order valence-electron chi connectivity index (χ2n) is 4.53. The van der Waals surface area contributed by atoms with Crippen molar-refractivity contribution in [1.82, 2.24) is 0 Å². The molecule has 1 atom stereocenters. The molecule has 84 valence electrons. The lowest BCUT2D eigenvalue weighted by Gasteiger charge is -2.12. The highest BCUT2D eigenvalue weighted by molar-refractivity contribution is 9.09. The number of hydrogen-bond acceptors (Lipinski definition) is 0. The van der Waals surface area contributed by atoms with Gasteiger partial charge in [0.15, 0.2) is 0 Å². The van der Waals surface area contributed by atoms with Crippen molar-refractivity contribution in [3.05, 3.63) is 35.4 Å². The summed E-state index contributed by atoms with van der Waals surface area (Å²) in [6.45, 7) is 6.74. The summed E-state index contributed by atoms with van der Waals surface area (Å²) in [4.78, 5) is 0. The predicted molar refractivity (Wildman–Crippen MR) is 71.8 cm³/mol. The smallest absolute Gasteiger partial charge is 0.00627 e. The lowest BCUT2D eigenvalue weighted by molar-refractivity contribution is 0.573. The predicted octanol–water partition coefficient (Wildman–Crippen LogP) is 4.77. The first-order valence-corrected chi connectivity index (χ1v) is 6.94. The Balaban J connectivity index is 2.63. The SMILES string of the molecule is CCC(CBr)Cc1ccc(C(C)C)cc1. The molecule has 1 rings (SSSR count). The summed E-state index contributed by atoms with van der Waals surface area (Å²) in [6, 6.07) is 9.09. The molecule has 0 fully saturated rings. The molecule has 0 saturated carbocycles. The van der Waals surface area contributed by atoms with Crippen LogP contribution in [0.1, 0.15) is 44.2 Å². The molecule has 0 heterocycles. The van der Waals surface area contributed by atoms with Gasteiger partial charge in [0.1, 0.15) is 0 Å². The zero-order chi connectivity index (χ0) is 11.3. The second-order valence-corrected chi connectivity index (χ2v) is 5.18. The van der Waals surface area contributed by atoms with E-state index < -0.39 is 0 Å². The quantitative estimate of drug-likeness (QED) is 0.675. The Kier molecular flexibility index (Phi) is 5.38. The minimum absolute atomic E-state index is 0.636. The molecule has 0 aliphatic heterocycles. The van der Waals surface area contributed by atoms with Gasteiger partial charge in [0.25, 0.3) is 0 Å². The van der Waals surface area contributed by atoms with Gasteiger partial charge in [-0.05, 0) is 29.4 Å². The van der Waals surface area contributed by atoms with Gasteiger partial charge in [0, 0.05) is 5.33 Å². The highest BCUT2D eigenvalue weighted by atomic mass is 79.9. The number of alkyl halides is 1. The van der Waals surface area contributed by atoms with Crippen molar-refractivity contribution in [2.24, 2.45) is 5.92 Å². The Morgan fingerprint density at radius 1 is 1.13 bits per heavy atom. The fraction of sp³-hybridized carbons (Fsp3) is 0.571. The van der Waals surface area contributed by atoms with E-state index in [1.165, 1.54) is 24.0 Å². The summed E-state index contributed by atoms with van der Waals surface area (Å²) in [7, 11) is 0. The van der Waals surface area contributed by atoms with E-state index in [9.17, 15) is 0 Å². The van der Waals surface area contributed by atoms with Crippen molar-refractivity contribution >= 4 is 15.9 Å². The van der Waals surface area contributed by atoms with Gasteiger partial charge in [-0.3, -0.25) is 0 Å². The van der Waals surface area contributed by atoms with Crippen LogP contribution in [0.2, 0.25) is 0 Å². The minimum atomic E-state index is 0.636. The molecule has 0 aliphatic rings. The lowest BCUT2D eigenvalue weighted by atomic mass is 9.96. The molecule has 0 aromatic heterocycles. The van der Waals surface area contributed by atoms with Crippen molar-refractivity contribution in [3.8, 4) is 0 Å². The monoisotopic (exact) mass is 268 g/mol. The molecule has 0 aliphatic carbocycles. The van der Waals surface area contributed by atoms with Gasteiger partial charge in [-0.15, -0.1) is 0 Å². The first-order chi connectivity index (χ1) is 7.17. The molecule has 0 N–H and O–H groups in total.